The number of rotatable bonds is 3. The highest BCUT2D eigenvalue weighted by Crippen LogP contribution is 2.30. The van der Waals surface area contributed by atoms with Crippen LogP contribution in [0.4, 0.5) is 18.9 Å². The Morgan fingerprint density at radius 2 is 1.89 bits per heavy atom. The molecule has 7 heteroatoms. The van der Waals surface area contributed by atoms with Gasteiger partial charge in [0.05, 0.1) is 11.6 Å². The highest BCUT2D eigenvalue weighted by molar-refractivity contribution is 5.46. The number of alkyl halides is 3. The lowest BCUT2D eigenvalue weighted by molar-refractivity contribution is -0.137. The fraction of sp³-hybridized carbons (Fsp3) is 0.273. The van der Waals surface area contributed by atoms with Crippen molar-refractivity contribution >= 4 is 5.69 Å². The minimum absolute atomic E-state index is 0.163. The number of hydrogen-bond acceptors (Lipinski definition) is 3. The average Bonchev–Trinajstić information content (AvgIpc) is 2.82. The van der Waals surface area contributed by atoms with Crippen molar-refractivity contribution in [1.82, 2.24) is 15.2 Å². The topological polar surface area (TPSA) is 53.6 Å². The van der Waals surface area contributed by atoms with Crippen LogP contribution in [0.15, 0.2) is 30.6 Å². The van der Waals surface area contributed by atoms with Gasteiger partial charge >= 0.3 is 6.18 Å². The van der Waals surface area contributed by atoms with Gasteiger partial charge in [-0.3, -0.25) is 5.10 Å². The summed E-state index contributed by atoms with van der Waals surface area (Å²) in [6.45, 7) is 1.83. The first-order chi connectivity index (χ1) is 8.47. The van der Waals surface area contributed by atoms with Gasteiger partial charge in [0.2, 0.25) is 0 Å². The summed E-state index contributed by atoms with van der Waals surface area (Å²) in [5.74, 6) is 0.620. The van der Waals surface area contributed by atoms with Gasteiger partial charge in [0.1, 0.15) is 12.2 Å². The fourth-order valence-corrected chi connectivity index (χ4v) is 1.50. The van der Waals surface area contributed by atoms with Gasteiger partial charge in [-0.2, -0.15) is 18.3 Å². The summed E-state index contributed by atoms with van der Waals surface area (Å²) in [4.78, 5) is 3.96. The standard InChI is InChI=1S/C11H11F3N4/c1-7(10-15-6-16-18-10)17-9-4-2-8(3-5-9)11(12,13)14/h2-7,17H,1H3,(H,15,16,18). The second-order valence-corrected chi connectivity index (χ2v) is 3.81. The van der Waals surface area contributed by atoms with Gasteiger partial charge in [-0.05, 0) is 31.2 Å². The maximum atomic E-state index is 12.4. The van der Waals surface area contributed by atoms with E-state index >= 15 is 0 Å². The number of halogens is 3. The molecular formula is C11H11F3N4. The van der Waals surface area contributed by atoms with Crippen molar-refractivity contribution in [2.45, 2.75) is 19.1 Å². The number of benzene rings is 1. The van der Waals surface area contributed by atoms with Crippen LogP contribution in [0, 0.1) is 0 Å². The van der Waals surface area contributed by atoms with E-state index < -0.39 is 11.7 Å². The summed E-state index contributed by atoms with van der Waals surface area (Å²) in [6.07, 6.45) is -2.94. The van der Waals surface area contributed by atoms with Crippen LogP contribution in [0.25, 0.3) is 0 Å². The molecule has 1 aromatic carbocycles. The minimum atomic E-state index is -4.31. The molecular weight excluding hydrogens is 245 g/mol. The van der Waals surface area contributed by atoms with E-state index in [1.54, 1.807) is 0 Å². The van der Waals surface area contributed by atoms with Crippen LogP contribution in [0.5, 0.6) is 0 Å². The summed E-state index contributed by atoms with van der Waals surface area (Å²) >= 11 is 0. The van der Waals surface area contributed by atoms with E-state index in [4.69, 9.17) is 0 Å². The van der Waals surface area contributed by atoms with Gasteiger partial charge in [-0.15, -0.1) is 0 Å². The Balaban J connectivity index is 2.07. The predicted molar refractivity (Wildman–Crippen MR) is 59.9 cm³/mol. The molecule has 1 unspecified atom stereocenters. The number of anilines is 1. The molecule has 2 aromatic rings. The maximum absolute atomic E-state index is 12.4. The number of nitrogens with one attached hydrogen (secondary N) is 2. The molecule has 0 fully saturated rings. The second kappa shape index (κ2) is 4.67. The average molecular weight is 256 g/mol. The van der Waals surface area contributed by atoms with E-state index in [0.717, 1.165) is 12.1 Å². The van der Waals surface area contributed by atoms with E-state index in [0.29, 0.717) is 11.5 Å². The van der Waals surface area contributed by atoms with Gasteiger partial charge in [0, 0.05) is 5.69 Å². The quantitative estimate of drug-likeness (QED) is 0.887. The Hall–Kier alpha value is -2.05. The van der Waals surface area contributed by atoms with Crippen molar-refractivity contribution in [2.24, 2.45) is 0 Å². The number of hydrogen-bond donors (Lipinski definition) is 2. The van der Waals surface area contributed by atoms with Crippen LogP contribution >= 0.6 is 0 Å². The number of aromatic nitrogens is 3. The first-order valence-electron chi connectivity index (χ1n) is 5.26. The van der Waals surface area contributed by atoms with Crippen LogP contribution in [0.2, 0.25) is 0 Å². The van der Waals surface area contributed by atoms with E-state index in [1.165, 1.54) is 18.5 Å². The van der Waals surface area contributed by atoms with Crippen molar-refractivity contribution in [3.05, 3.63) is 42.0 Å². The van der Waals surface area contributed by atoms with Crippen LogP contribution in [0.3, 0.4) is 0 Å². The smallest absolute Gasteiger partial charge is 0.375 e. The Morgan fingerprint density at radius 1 is 1.22 bits per heavy atom. The zero-order chi connectivity index (χ0) is 13.2. The molecule has 2 N–H and O–H groups in total. The largest absolute Gasteiger partial charge is 0.416 e. The number of nitrogens with zero attached hydrogens (tertiary/aromatic N) is 2. The zero-order valence-corrected chi connectivity index (χ0v) is 9.49. The summed E-state index contributed by atoms with van der Waals surface area (Å²) in [7, 11) is 0. The third kappa shape index (κ3) is 2.79. The molecule has 0 spiro atoms. The Kier molecular flexibility index (Phi) is 3.22. The molecule has 0 aliphatic carbocycles. The Bertz CT molecular complexity index is 490. The van der Waals surface area contributed by atoms with Gasteiger partial charge in [-0.1, -0.05) is 0 Å². The Morgan fingerprint density at radius 3 is 2.39 bits per heavy atom. The molecule has 0 amide bonds. The summed E-state index contributed by atoms with van der Waals surface area (Å²) < 4.78 is 37.1. The third-order valence-corrected chi connectivity index (χ3v) is 2.44. The molecule has 0 aliphatic rings. The SMILES string of the molecule is CC(Nc1ccc(C(F)(F)F)cc1)c1ncn[nH]1. The summed E-state index contributed by atoms with van der Waals surface area (Å²) in [5, 5.41) is 9.42. The van der Waals surface area contributed by atoms with Crippen LogP contribution in [-0.4, -0.2) is 15.2 Å². The molecule has 4 nitrogen and oxygen atoms in total. The lowest BCUT2D eigenvalue weighted by Gasteiger charge is -2.13. The molecule has 2 rings (SSSR count). The van der Waals surface area contributed by atoms with E-state index in [2.05, 4.69) is 20.5 Å². The molecule has 0 saturated carbocycles. The number of H-pyrrole nitrogens is 1. The molecule has 1 atom stereocenters. The molecule has 1 aromatic heterocycles. The van der Waals surface area contributed by atoms with Crippen molar-refractivity contribution in [3.63, 3.8) is 0 Å². The first kappa shape index (κ1) is 12.4. The molecule has 96 valence electrons. The molecule has 0 saturated heterocycles. The maximum Gasteiger partial charge on any atom is 0.416 e. The zero-order valence-electron chi connectivity index (χ0n) is 9.49. The molecule has 0 bridgehead atoms. The number of aromatic amines is 1. The lowest BCUT2D eigenvalue weighted by atomic mass is 10.2. The summed E-state index contributed by atoms with van der Waals surface area (Å²) in [6, 6.07) is 4.68. The van der Waals surface area contributed by atoms with Crippen LogP contribution < -0.4 is 5.32 Å². The van der Waals surface area contributed by atoms with Crippen molar-refractivity contribution in [1.29, 1.82) is 0 Å². The van der Waals surface area contributed by atoms with Gasteiger partial charge < -0.3 is 5.32 Å². The van der Waals surface area contributed by atoms with Gasteiger partial charge in [0.25, 0.3) is 0 Å². The highest BCUT2D eigenvalue weighted by atomic mass is 19.4. The molecule has 0 radical (unpaired) electrons. The molecule has 0 aliphatic heterocycles. The molecule has 1 heterocycles. The minimum Gasteiger partial charge on any atom is -0.375 e. The van der Waals surface area contributed by atoms with Crippen molar-refractivity contribution < 1.29 is 13.2 Å². The lowest BCUT2D eigenvalue weighted by Crippen LogP contribution is -2.09. The van der Waals surface area contributed by atoms with E-state index in [9.17, 15) is 13.2 Å². The van der Waals surface area contributed by atoms with E-state index in [-0.39, 0.29) is 6.04 Å². The Labute approximate surface area is 101 Å². The first-order valence-corrected chi connectivity index (χ1v) is 5.26. The summed E-state index contributed by atoms with van der Waals surface area (Å²) in [5.41, 5.74) is -0.0766. The monoisotopic (exact) mass is 256 g/mol. The highest BCUT2D eigenvalue weighted by Gasteiger charge is 2.29. The fourth-order valence-electron chi connectivity index (χ4n) is 1.50. The van der Waals surface area contributed by atoms with Gasteiger partial charge in [0.15, 0.2) is 0 Å². The normalized spacial score (nSPS) is 13.3. The van der Waals surface area contributed by atoms with Crippen molar-refractivity contribution in [2.75, 3.05) is 5.32 Å². The molecule has 18 heavy (non-hydrogen) atoms. The van der Waals surface area contributed by atoms with Crippen LogP contribution in [0.1, 0.15) is 24.4 Å². The third-order valence-electron chi connectivity index (χ3n) is 2.44. The van der Waals surface area contributed by atoms with Crippen LogP contribution in [-0.2, 0) is 6.18 Å². The van der Waals surface area contributed by atoms with Gasteiger partial charge in [-0.25, -0.2) is 4.98 Å². The predicted octanol–water partition coefficient (Wildman–Crippen LogP) is 3.00. The van der Waals surface area contributed by atoms with Crippen molar-refractivity contribution in [3.8, 4) is 0 Å². The van der Waals surface area contributed by atoms with E-state index in [1.807, 2.05) is 6.92 Å². The second-order valence-electron chi connectivity index (χ2n) is 3.81.